The molecule has 0 aliphatic carbocycles. The molecular formula is C9H15NO3. The summed E-state index contributed by atoms with van der Waals surface area (Å²) in [5.41, 5.74) is 0. The average Bonchev–Trinajstić information content (AvgIpc) is 2.59. The number of hydrogen-bond acceptors (Lipinski definition) is 2. The number of carbonyl (C=O) groups is 2. The summed E-state index contributed by atoms with van der Waals surface area (Å²) in [6.07, 6.45) is 0.115. The highest BCUT2D eigenvalue weighted by molar-refractivity contribution is 5.84. The number of carboxylic acid groups (broad SMARTS) is 1. The Labute approximate surface area is 77.5 Å². The zero-order valence-corrected chi connectivity index (χ0v) is 8.15. The van der Waals surface area contributed by atoms with Crippen LogP contribution in [-0.4, -0.2) is 34.0 Å². The molecule has 0 aromatic carbocycles. The Bertz CT molecular complexity index is 231. The topological polar surface area (TPSA) is 57.4 Å². The Hall–Kier alpha value is -1.06. The number of carbonyl (C=O) groups excluding carboxylic acids is 1. The third-order valence-electron chi connectivity index (χ3n) is 2.68. The minimum atomic E-state index is -0.907. The number of hydrogen-bond donors (Lipinski definition) is 1. The maximum absolute atomic E-state index is 11.4. The fourth-order valence-corrected chi connectivity index (χ4v) is 1.41. The Morgan fingerprint density at radius 2 is 1.85 bits per heavy atom. The van der Waals surface area contributed by atoms with Crippen LogP contribution in [0.1, 0.15) is 27.2 Å². The lowest BCUT2D eigenvalue weighted by atomic mass is 10.1. The van der Waals surface area contributed by atoms with Crippen molar-refractivity contribution in [2.24, 2.45) is 5.92 Å². The van der Waals surface area contributed by atoms with Gasteiger partial charge in [0.05, 0.1) is 5.92 Å². The summed E-state index contributed by atoms with van der Waals surface area (Å²) in [5.74, 6) is -1.53. The molecule has 0 spiro atoms. The molecule has 1 aliphatic heterocycles. The van der Waals surface area contributed by atoms with E-state index in [1.165, 1.54) is 0 Å². The molecule has 3 unspecified atom stereocenters. The molecule has 74 valence electrons. The van der Waals surface area contributed by atoms with E-state index < -0.39 is 11.9 Å². The summed E-state index contributed by atoms with van der Waals surface area (Å²) in [6, 6.07) is 0.571. The molecule has 0 bridgehead atoms. The van der Waals surface area contributed by atoms with Crippen molar-refractivity contribution in [1.82, 2.24) is 4.90 Å². The molecule has 1 rings (SSSR count). The van der Waals surface area contributed by atoms with E-state index in [1.54, 1.807) is 11.8 Å². The van der Waals surface area contributed by atoms with Crippen LogP contribution in [-0.2, 0) is 9.59 Å². The zero-order valence-electron chi connectivity index (χ0n) is 8.15. The van der Waals surface area contributed by atoms with Gasteiger partial charge >= 0.3 is 5.97 Å². The maximum atomic E-state index is 11.4. The van der Waals surface area contributed by atoms with Crippen molar-refractivity contribution in [2.75, 3.05) is 0 Å². The van der Waals surface area contributed by atoms with Crippen LogP contribution in [0.3, 0.4) is 0 Å². The normalized spacial score (nSPS) is 28.4. The first kappa shape index (κ1) is 10.0. The van der Waals surface area contributed by atoms with Gasteiger partial charge in [0.1, 0.15) is 0 Å². The predicted molar refractivity (Wildman–Crippen MR) is 47.2 cm³/mol. The largest absolute Gasteiger partial charge is 0.481 e. The highest BCUT2D eigenvalue weighted by Gasteiger charge is 2.43. The Morgan fingerprint density at radius 1 is 1.38 bits per heavy atom. The SMILES string of the molecule is CC(CC(=O)N1C(C)C1C)C(=O)O. The van der Waals surface area contributed by atoms with Crippen molar-refractivity contribution >= 4 is 11.9 Å². The van der Waals surface area contributed by atoms with Gasteiger partial charge in [-0.25, -0.2) is 0 Å². The van der Waals surface area contributed by atoms with Gasteiger partial charge in [-0.1, -0.05) is 6.92 Å². The van der Waals surface area contributed by atoms with E-state index in [2.05, 4.69) is 0 Å². The van der Waals surface area contributed by atoms with E-state index in [9.17, 15) is 9.59 Å². The summed E-state index contributed by atoms with van der Waals surface area (Å²) in [4.78, 5) is 23.6. The van der Waals surface area contributed by atoms with E-state index in [0.29, 0.717) is 0 Å². The van der Waals surface area contributed by atoms with Gasteiger partial charge in [0.25, 0.3) is 0 Å². The minimum absolute atomic E-state index is 0.0464. The lowest BCUT2D eigenvalue weighted by Crippen LogP contribution is -2.21. The van der Waals surface area contributed by atoms with Crippen molar-refractivity contribution in [3.8, 4) is 0 Å². The molecule has 1 aliphatic rings. The number of nitrogens with zero attached hydrogens (tertiary/aromatic N) is 1. The lowest BCUT2D eigenvalue weighted by molar-refractivity contribution is -0.144. The average molecular weight is 185 g/mol. The van der Waals surface area contributed by atoms with Crippen molar-refractivity contribution < 1.29 is 14.7 Å². The van der Waals surface area contributed by atoms with Gasteiger partial charge in [0, 0.05) is 18.5 Å². The molecule has 13 heavy (non-hydrogen) atoms. The van der Waals surface area contributed by atoms with Gasteiger partial charge in [0.15, 0.2) is 0 Å². The second-order valence-electron chi connectivity index (χ2n) is 3.73. The molecule has 0 aromatic heterocycles. The van der Waals surface area contributed by atoms with Crippen LogP contribution in [0.4, 0.5) is 0 Å². The van der Waals surface area contributed by atoms with Gasteiger partial charge in [-0.05, 0) is 13.8 Å². The Kier molecular flexibility index (Phi) is 2.59. The van der Waals surface area contributed by atoms with Crippen molar-refractivity contribution in [3.63, 3.8) is 0 Å². The van der Waals surface area contributed by atoms with Crippen LogP contribution < -0.4 is 0 Å². The Balaban J connectivity index is 2.39. The summed E-state index contributed by atoms with van der Waals surface area (Å²) >= 11 is 0. The molecule has 0 saturated carbocycles. The van der Waals surface area contributed by atoms with Gasteiger partial charge < -0.3 is 10.0 Å². The summed E-state index contributed by atoms with van der Waals surface area (Å²) in [5, 5.41) is 8.59. The van der Waals surface area contributed by atoms with Crippen LogP contribution >= 0.6 is 0 Å². The second-order valence-corrected chi connectivity index (χ2v) is 3.73. The minimum Gasteiger partial charge on any atom is -0.481 e. The molecule has 1 amide bonds. The van der Waals surface area contributed by atoms with Gasteiger partial charge in [-0.2, -0.15) is 0 Å². The highest BCUT2D eigenvalue weighted by atomic mass is 16.4. The van der Waals surface area contributed by atoms with Crippen LogP contribution in [0.5, 0.6) is 0 Å². The van der Waals surface area contributed by atoms with E-state index in [4.69, 9.17) is 5.11 Å². The molecule has 4 nitrogen and oxygen atoms in total. The molecule has 1 heterocycles. The number of amides is 1. The van der Waals surface area contributed by atoms with Crippen LogP contribution in [0.25, 0.3) is 0 Å². The molecule has 0 aromatic rings. The third-order valence-corrected chi connectivity index (χ3v) is 2.68. The van der Waals surface area contributed by atoms with Gasteiger partial charge in [-0.3, -0.25) is 9.59 Å². The molecule has 1 fully saturated rings. The third kappa shape index (κ3) is 1.99. The summed E-state index contributed by atoms with van der Waals surface area (Å²) < 4.78 is 0. The Morgan fingerprint density at radius 3 is 2.15 bits per heavy atom. The van der Waals surface area contributed by atoms with Crippen LogP contribution in [0.2, 0.25) is 0 Å². The number of aliphatic carboxylic acids is 1. The van der Waals surface area contributed by atoms with E-state index in [1.807, 2.05) is 13.8 Å². The van der Waals surface area contributed by atoms with Crippen molar-refractivity contribution in [3.05, 3.63) is 0 Å². The van der Waals surface area contributed by atoms with Gasteiger partial charge in [0.2, 0.25) is 5.91 Å². The molecule has 1 saturated heterocycles. The maximum Gasteiger partial charge on any atom is 0.306 e. The standard InChI is InChI=1S/C9H15NO3/c1-5(9(12)13)4-8(11)10-6(2)7(10)3/h5-7H,4H2,1-3H3,(H,12,13). The molecule has 3 atom stereocenters. The first-order chi connectivity index (χ1) is 5.95. The molecular weight excluding hydrogens is 170 g/mol. The van der Waals surface area contributed by atoms with Crippen LogP contribution in [0, 0.1) is 5.92 Å². The molecule has 1 N–H and O–H groups in total. The lowest BCUT2D eigenvalue weighted by Gasteiger charge is -2.06. The van der Waals surface area contributed by atoms with E-state index >= 15 is 0 Å². The van der Waals surface area contributed by atoms with Gasteiger partial charge in [-0.15, -0.1) is 0 Å². The summed E-state index contributed by atoms with van der Waals surface area (Å²) in [7, 11) is 0. The number of carboxylic acids is 1. The molecule has 0 radical (unpaired) electrons. The fourth-order valence-electron chi connectivity index (χ4n) is 1.41. The van der Waals surface area contributed by atoms with E-state index in [0.717, 1.165) is 0 Å². The first-order valence-electron chi connectivity index (χ1n) is 4.49. The second kappa shape index (κ2) is 3.36. The number of rotatable bonds is 3. The van der Waals surface area contributed by atoms with Crippen molar-refractivity contribution in [2.45, 2.75) is 39.3 Å². The van der Waals surface area contributed by atoms with E-state index in [-0.39, 0.29) is 24.4 Å². The first-order valence-corrected chi connectivity index (χ1v) is 4.49. The van der Waals surface area contributed by atoms with Crippen LogP contribution in [0.15, 0.2) is 0 Å². The zero-order chi connectivity index (χ0) is 10.2. The van der Waals surface area contributed by atoms with Crippen molar-refractivity contribution in [1.29, 1.82) is 0 Å². The smallest absolute Gasteiger partial charge is 0.306 e. The monoisotopic (exact) mass is 185 g/mol. The summed E-state index contributed by atoms with van der Waals surface area (Å²) in [6.45, 7) is 5.49. The fraction of sp³-hybridized carbons (Fsp3) is 0.778. The highest BCUT2D eigenvalue weighted by Crippen LogP contribution is 2.28. The molecule has 4 heteroatoms. The quantitative estimate of drug-likeness (QED) is 0.659. The predicted octanol–water partition coefficient (Wildman–Crippen LogP) is 0.716.